The van der Waals surface area contributed by atoms with Gasteiger partial charge < -0.3 is 20.1 Å². The average molecular weight is 573 g/mol. The van der Waals surface area contributed by atoms with Crippen LogP contribution in [-0.4, -0.2) is 52.6 Å². The summed E-state index contributed by atoms with van der Waals surface area (Å²) < 4.78 is 45.0. The van der Waals surface area contributed by atoms with Gasteiger partial charge in [0, 0.05) is 29.4 Å². The molecule has 35 heavy (non-hydrogen) atoms. The van der Waals surface area contributed by atoms with E-state index in [1.807, 2.05) is 4.90 Å². The van der Waals surface area contributed by atoms with Crippen LogP contribution in [0.3, 0.4) is 0 Å². The van der Waals surface area contributed by atoms with Gasteiger partial charge in [-0.15, -0.1) is 0 Å². The maximum atomic E-state index is 13.1. The molecule has 14 heteroatoms. The number of nitrogens with zero attached hydrogens (tertiary/aromatic N) is 5. The molecule has 1 saturated heterocycles. The number of hydrogen-bond acceptors (Lipinski definition) is 9. The molecule has 0 radical (unpaired) electrons. The standard InChI is InChI=1S/C21H18BrClF3N7O2/c22-16-10-14(23)8-12(17(16)34)11-27-32-19-29-18(30-20(31-19)33-4-6-35-7-5-33)28-15-3-1-2-13(9-15)21(24,25)26/h1-3,8-11,34H,4-7H2,(H2,28,29,30,31,32)/b27-11-. The fraction of sp³-hybridized carbons (Fsp3) is 0.238. The zero-order valence-corrected chi connectivity index (χ0v) is 20.2. The smallest absolute Gasteiger partial charge is 0.416 e. The summed E-state index contributed by atoms with van der Waals surface area (Å²) in [6.07, 6.45) is -3.16. The molecule has 0 atom stereocenters. The normalized spacial score (nSPS) is 14.4. The van der Waals surface area contributed by atoms with Crippen LogP contribution < -0.4 is 15.6 Å². The lowest BCUT2D eigenvalue weighted by Gasteiger charge is -2.27. The summed E-state index contributed by atoms with van der Waals surface area (Å²) in [6.45, 7) is 2.01. The van der Waals surface area contributed by atoms with Gasteiger partial charge in [-0.05, 0) is 46.3 Å². The number of aromatic nitrogens is 3. The van der Waals surface area contributed by atoms with E-state index in [4.69, 9.17) is 16.3 Å². The Balaban J connectivity index is 1.61. The van der Waals surface area contributed by atoms with E-state index in [0.29, 0.717) is 47.3 Å². The molecule has 184 valence electrons. The average Bonchev–Trinajstić information content (AvgIpc) is 2.82. The maximum Gasteiger partial charge on any atom is 0.416 e. The predicted molar refractivity (Wildman–Crippen MR) is 130 cm³/mol. The number of benzene rings is 2. The number of phenols is 1. The number of hydrogen-bond donors (Lipinski definition) is 3. The van der Waals surface area contributed by atoms with Crippen LogP contribution in [0.5, 0.6) is 5.75 Å². The zero-order valence-electron chi connectivity index (χ0n) is 17.9. The third-order valence-electron chi connectivity index (χ3n) is 4.79. The summed E-state index contributed by atoms with van der Waals surface area (Å²) in [5, 5.41) is 17.4. The second kappa shape index (κ2) is 10.6. The van der Waals surface area contributed by atoms with E-state index in [-0.39, 0.29) is 23.3 Å². The van der Waals surface area contributed by atoms with E-state index in [2.05, 4.69) is 46.7 Å². The highest BCUT2D eigenvalue weighted by atomic mass is 79.9. The summed E-state index contributed by atoms with van der Waals surface area (Å²) in [7, 11) is 0. The number of morpholine rings is 1. The van der Waals surface area contributed by atoms with E-state index in [0.717, 1.165) is 12.1 Å². The van der Waals surface area contributed by atoms with Crippen molar-refractivity contribution < 1.29 is 23.0 Å². The lowest BCUT2D eigenvalue weighted by molar-refractivity contribution is -0.137. The molecular weight excluding hydrogens is 555 g/mol. The van der Waals surface area contributed by atoms with Crippen molar-refractivity contribution in [1.82, 2.24) is 15.0 Å². The molecule has 0 unspecified atom stereocenters. The first-order valence-electron chi connectivity index (χ1n) is 10.2. The van der Waals surface area contributed by atoms with Crippen molar-refractivity contribution in [2.75, 3.05) is 41.9 Å². The highest BCUT2D eigenvalue weighted by molar-refractivity contribution is 9.10. The molecule has 0 spiro atoms. The Morgan fingerprint density at radius 2 is 1.86 bits per heavy atom. The highest BCUT2D eigenvalue weighted by Crippen LogP contribution is 2.32. The van der Waals surface area contributed by atoms with Crippen LogP contribution >= 0.6 is 27.5 Å². The first-order chi connectivity index (χ1) is 16.7. The molecular formula is C21H18BrClF3N7O2. The Hall–Kier alpha value is -3.16. The number of anilines is 4. The second-order valence-corrected chi connectivity index (χ2v) is 8.57. The fourth-order valence-corrected chi connectivity index (χ4v) is 3.96. The van der Waals surface area contributed by atoms with Gasteiger partial charge in [0.05, 0.1) is 29.5 Å². The molecule has 4 rings (SSSR count). The molecule has 9 nitrogen and oxygen atoms in total. The van der Waals surface area contributed by atoms with Gasteiger partial charge >= 0.3 is 6.18 Å². The lowest BCUT2D eigenvalue weighted by atomic mass is 10.2. The summed E-state index contributed by atoms with van der Waals surface area (Å²) in [4.78, 5) is 14.8. The minimum atomic E-state index is -4.49. The van der Waals surface area contributed by atoms with Crippen molar-refractivity contribution in [3.63, 3.8) is 0 Å². The quantitative estimate of drug-likeness (QED) is 0.279. The van der Waals surface area contributed by atoms with Gasteiger partial charge in [-0.25, -0.2) is 5.43 Å². The fourth-order valence-electron chi connectivity index (χ4n) is 3.12. The molecule has 2 aromatic carbocycles. The number of hydrazone groups is 1. The Labute approximate surface area is 211 Å². The molecule has 1 aliphatic heterocycles. The topological polar surface area (TPSA) is 108 Å². The molecule has 0 saturated carbocycles. The lowest BCUT2D eigenvalue weighted by Crippen LogP contribution is -2.37. The molecule has 0 bridgehead atoms. The predicted octanol–water partition coefficient (Wildman–Crippen LogP) is 5.04. The van der Waals surface area contributed by atoms with E-state index < -0.39 is 11.7 Å². The third-order valence-corrected chi connectivity index (χ3v) is 5.61. The molecule has 1 aliphatic rings. The Kier molecular flexibility index (Phi) is 7.57. The summed E-state index contributed by atoms with van der Waals surface area (Å²) in [6, 6.07) is 7.74. The van der Waals surface area contributed by atoms with Crippen molar-refractivity contribution in [3.8, 4) is 5.75 Å². The van der Waals surface area contributed by atoms with Gasteiger partial charge in [-0.3, -0.25) is 0 Å². The van der Waals surface area contributed by atoms with Crippen LogP contribution in [0.1, 0.15) is 11.1 Å². The number of rotatable bonds is 6. The highest BCUT2D eigenvalue weighted by Gasteiger charge is 2.30. The van der Waals surface area contributed by atoms with Crippen molar-refractivity contribution in [3.05, 3.63) is 57.0 Å². The number of ether oxygens (including phenoxy) is 1. The van der Waals surface area contributed by atoms with Crippen LogP contribution in [0.4, 0.5) is 36.7 Å². The maximum absolute atomic E-state index is 13.1. The molecule has 0 aliphatic carbocycles. The number of alkyl halides is 3. The van der Waals surface area contributed by atoms with Crippen LogP contribution in [0.2, 0.25) is 5.02 Å². The van der Waals surface area contributed by atoms with Crippen molar-refractivity contribution >= 4 is 57.3 Å². The van der Waals surface area contributed by atoms with Crippen LogP contribution in [0, 0.1) is 0 Å². The molecule has 3 N–H and O–H groups in total. The SMILES string of the molecule is Oc1c(Br)cc(Cl)cc1/C=N\Nc1nc(Nc2cccc(C(F)(F)F)c2)nc(N2CCOCC2)n1. The first-order valence-corrected chi connectivity index (χ1v) is 11.4. The van der Waals surface area contributed by atoms with E-state index >= 15 is 0 Å². The summed E-state index contributed by atoms with van der Waals surface area (Å²) in [5.74, 6) is 0.292. The summed E-state index contributed by atoms with van der Waals surface area (Å²) >= 11 is 9.21. The Bertz CT molecular complexity index is 1240. The number of halogens is 5. The molecule has 2 heterocycles. The van der Waals surface area contributed by atoms with Crippen molar-refractivity contribution in [2.45, 2.75) is 6.18 Å². The zero-order chi connectivity index (χ0) is 25.0. The first kappa shape index (κ1) is 24.9. The number of aromatic hydroxyl groups is 1. The second-order valence-electron chi connectivity index (χ2n) is 7.28. The van der Waals surface area contributed by atoms with E-state index in [9.17, 15) is 18.3 Å². The van der Waals surface area contributed by atoms with Gasteiger partial charge in [0.1, 0.15) is 5.75 Å². The van der Waals surface area contributed by atoms with Gasteiger partial charge in [-0.1, -0.05) is 17.7 Å². The monoisotopic (exact) mass is 571 g/mol. The molecule has 1 aromatic heterocycles. The summed E-state index contributed by atoms with van der Waals surface area (Å²) in [5.41, 5.74) is 2.34. The van der Waals surface area contributed by atoms with Crippen LogP contribution in [-0.2, 0) is 10.9 Å². The number of phenolic OH excluding ortho intramolecular Hbond substituents is 1. The minimum absolute atomic E-state index is 0.0202. The van der Waals surface area contributed by atoms with Crippen molar-refractivity contribution in [2.24, 2.45) is 5.10 Å². The van der Waals surface area contributed by atoms with Gasteiger partial charge in [0.15, 0.2) is 0 Å². The largest absolute Gasteiger partial charge is 0.506 e. The van der Waals surface area contributed by atoms with Gasteiger partial charge in [0.2, 0.25) is 17.8 Å². The van der Waals surface area contributed by atoms with Crippen molar-refractivity contribution in [1.29, 1.82) is 0 Å². The van der Waals surface area contributed by atoms with Gasteiger partial charge in [-0.2, -0.15) is 33.2 Å². The number of nitrogens with one attached hydrogen (secondary N) is 2. The van der Waals surface area contributed by atoms with Crippen LogP contribution in [0.25, 0.3) is 0 Å². The van der Waals surface area contributed by atoms with Gasteiger partial charge in [0.25, 0.3) is 0 Å². The Morgan fingerprint density at radius 3 is 2.60 bits per heavy atom. The Morgan fingerprint density at radius 1 is 1.11 bits per heavy atom. The molecule has 0 amide bonds. The third kappa shape index (κ3) is 6.50. The minimum Gasteiger partial charge on any atom is -0.506 e. The van der Waals surface area contributed by atoms with Crippen LogP contribution in [0.15, 0.2) is 46.0 Å². The molecule has 3 aromatic rings. The van der Waals surface area contributed by atoms with E-state index in [1.165, 1.54) is 30.5 Å². The molecule has 1 fully saturated rings. The van der Waals surface area contributed by atoms with E-state index in [1.54, 1.807) is 0 Å².